The maximum atomic E-state index is 10.1. The first-order valence-corrected chi connectivity index (χ1v) is 6.25. The first kappa shape index (κ1) is 13.3. The van der Waals surface area contributed by atoms with Gasteiger partial charge in [0.1, 0.15) is 36.1 Å². The van der Waals surface area contributed by atoms with Crippen LogP contribution in [0.3, 0.4) is 0 Å². The summed E-state index contributed by atoms with van der Waals surface area (Å²) in [5.74, 6) is 0.337. The van der Waals surface area contributed by atoms with E-state index in [2.05, 4.69) is 9.97 Å². The van der Waals surface area contributed by atoms with Crippen LogP contribution in [0.2, 0.25) is 0 Å². The molecule has 0 aliphatic carbocycles. The van der Waals surface area contributed by atoms with Crippen molar-refractivity contribution in [3.63, 3.8) is 0 Å². The molecule has 8 nitrogen and oxygen atoms in total. The zero-order valence-corrected chi connectivity index (χ0v) is 10.8. The van der Waals surface area contributed by atoms with E-state index in [0.717, 1.165) is 5.69 Å². The van der Waals surface area contributed by atoms with Crippen molar-refractivity contribution in [3.05, 3.63) is 18.1 Å². The van der Waals surface area contributed by atoms with Gasteiger partial charge in [0.15, 0.2) is 6.23 Å². The fourth-order valence-corrected chi connectivity index (χ4v) is 2.59. The van der Waals surface area contributed by atoms with Gasteiger partial charge in [-0.05, 0) is 13.0 Å². The maximum Gasteiger partial charge on any atom is 0.164 e. The summed E-state index contributed by atoms with van der Waals surface area (Å²) in [4.78, 5) is 8.07. The van der Waals surface area contributed by atoms with Gasteiger partial charge in [0, 0.05) is 5.69 Å². The molecule has 0 amide bonds. The summed E-state index contributed by atoms with van der Waals surface area (Å²) >= 11 is 0. The summed E-state index contributed by atoms with van der Waals surface area (Å²) in [6, 6.07) is 1.79. The summed E-state index contributed by atoms with van der Waals surface area (Å²) in [6.07, 6.45) is -2.63. The third kappa shape index (κ3) is 1.77. The number of aliphatic hydroxyl groups is 3. The lowest BCUT2D eigenvalue weighted by Gasteiger charge is -2.19. The third-order valence-electron chi connectivity index (χ3n) is 3.63. The van der Waals surface area contributed by atoms with Crippen molar-refractivity contribution in [1.82, 2.24) is 14.5 Å². The summed E-state index contributed by atoms with van der Waals surface area (Å²) in [5, 5.41) is 29.7. The highest BCUT2D eigenvalue weighted by Gasteiger charge is 2.44. The van der Waals surface area contributed by atoms with Gasteiger partial charge in [-0.3, -0.25) is 0 Å². The minimum atomic E-state index is -1.15. The first-order valence-electron chi connectivity index (χ1n) is 6.25. The van der Waals surface area contributed by atoms with Crippen LogP contribution >= 0.6 is 0 Å². The van der Waals surface area contributed by atoms with E-state index in [1.165, 1.54) is 6.33 Å². The molecule has 2 aromatic rings. The summed E-state index contributed by atoms with van der Waals surface area (Å²) < 4.78 is 7.17. The number of nitrogens with zero attached hydrogens (tertiary/aromatic N) is 3. The Morgan fingerprint density at radius 3 is 2.75 bits per heavy atom. The standard InChI is InChI=1S/C12H16N4O4/c1-5-2-6-10(13)14-4-15-11(6)16(5)12-9(19)8(18)7(3-17)20-12/h2,4,7-9,12,17-19H,3H2,1H3,(H2,13,14,15)/t7?,8-,9-,12?/m1/s1. The van der Waals surface area contributed by atoms with Gasteiger partial charge in [-0.25, -0.2) is 9.97 Å². The van der Waals surface area contributed by atoms with Crippen molar-refractivity contribution in [2.45, 2.75) is 31.5 Å². The summed E-state index contributed by atoms with van der Waals surface area (Å²) in [5.41, 5.74) is 7.08. The van der Waals surface area contributed by atoms with E-state index in [-0.39, 0.29) is 6.61 Å². The molecule has 3 heterocycles. The molecule has 3 rings (SSSR count). The zero-order chi connectivity index (χ0) is 14.4. The van der Waals surface area contributed by atoms with E-state index in [0.29, 0.717) is 16.9 Å². The number of aliphatic hydroxyl groups excluding tert-OH is 3. The quantitative estimate of drug-likeness (QED) is 0.552. The average Bonchev–Trinajstić information content (AvgIpc) is 2.90. The molecule has 2 aromatic heterocycles. The minimum Gasteiger partial charge on any atom is -0.394 e. The molecule has 0 spiro atoms. The minimum absolute atomic E-state index is 0.337. The van der Waals surface area contributed by atoms with Gasteiger partial charge in [0.2, 0.25) is 0 Å². The molecule has 1 aliphatic rings. The van der Waals surface area contributed by atoms with Crippen molar-refractivity contribution in [2.24, 2.45) is 0 Å². The number of rotatable bonds is 2. The van der Waals surface area contributed by atoms with E-state index in [1.807, 2.05) is 6.92 Å². The van der Waals surface area contributed by atoms with Gasteiger partial charge < -0.3 is 30.4 Å². The van der Waals surface area contributed by atoms with Gasteiger partial charge in [-0.15, -0.1) is 0 Å². The van der Waals surface area contributed by atoms with Crippen LogP contribution in [-0.4, -0.2) is 54.8 Å². The average molecular weight is 280 g/mol. The van der Waals surface area contributed by atoms with Gasteiger partial charge in [0.05, 0.1) is 12.0 Å². The van der Waals surface area contributed by atoms with Crippen molar-refractivity contribution >= 4 is 16.9 Å². The third-order valence-corrected chi connectivity index (χ3v) is 3.63. The number of ether oxygens (including phenoxy) is 1. The number of aryl methyl sites for hydroxylation is 1. The Kier molecular flexibility index (Phi) is 3.09. The molecule has 1 aliphatic heterocycles. The molecule has 0 saturated carbocycles. The van der Waals surface area contributed by atoms with Gasteiger partial charge in [0.25, 0.3) is 0 Å². The van der Waals surface area contributed by atoms with Crippen LogP contribution in [0.5, 0.6) is 0 Å². The molecule has 1 fully saturated rings. The van der Waals surface area contributed by atoms with Crippen LogP contribution in [0.4, 0.5) is 5.82 Å². The Labute approximate surface area is 114 Å². The van der Waals surface area contributed by atoms with Crippen molar-refractivity contribution in [1.29, 1.82) is 0 Å². The maximum absolute atomic E-state index is 10.1. The molecule has 0 radical (unpaired) electrons. The Morgan fingerprint density at radius 2 is 2.10 bits per heavy atom. The molecule has 108 valence electrons. The van der Waals surface area contributed by atoms with E-state index >= 15 is 0 Å². The fourth-order valence-electron chi connectivity index (χ4n) is 2.59. The van der Waals surface area contributed by atoms with Crippen molar-refractivity contribution in [3.8, 4) is 0 Å². The lowest BCUT2D eigenvalue weighted by atomic mass is 10.1. The highest BCUT2D eigenvalue weighted by molar-refractivity contribution is 5.87. The fraction of sp³-hybridized carbons (Fsp3) is 0.500. The Bertz CT molecular complexity index is 644. The molecule has 2 unspecified atom stereocenters. The van der Waals surface area contributed by atoms with Gasteiger partial charge in [-0.1, -0.05) is 0 Å². The van der Waals surface area contributed by atoms with Crippen molar-refractivity contribution < 1.29 is 20.1 Å². The second-order valence-electron chi connectivity index (χ2n) is 4.88. The van der Waals surface area contributed by atoms with Crippen LogP contribution in [0.25, 0.3) is 11.0 Å². The Balaban J connectivity index is 2.11. The number of hydrogen-bond acceptors (Lipinski definition) is 7. The monoisotopic (exact) mass is 280 g/mol. The normalized spacial score (nSPS) is 30.2. The van der Waals surface area contributed by atoms with E-state index < -0.39 is 24.5 Å². The SMILES string of the molecule is Cc1cc2c(N)ncnc2n1C1OC(CO)[C@@H](O)[C@H]1O. The van der Waals surface area contributed by atoms with Crippen LogP contribution in [0.15, 0.2) is 12.4 Å². The van der Waals surface area contributed by atoms with Crippen molar-refractivity contribution in [2.75, 3.05) is 12.3 Å². The highest BCUT2D eigenvalue weighted by Crippen LogP contribution is 2.34. The van der Waals surface area contributed by atoms with Crippen LogP contribution in [0, 0.1) is 6.92 Å². The lowest BCUT2D eigenvalue weighted by Crippen LogP contribution is -2.33. The number of hydrogen-bond donors (Lipinski definition) is 4. The Hall–Kier alpha value is -1.74. The smallest absolute Gasteiger partial charge is 0.164 e. The molecular weight excluding hydrogens is 264 g/mol. The van der Waals surface area contributed by atoms with Crippen LogP contribution in [0.1, 0.15) is 11.9 Å². The Morgan fingerprint density at radius 1 is 1.35 bits per heavy atom. The lowest BCUT2D eigenvalue weighted by molar-refractivity contribution is -0.0516. The predicted octanol–water partition coefficient (Wildman–Crippen LogP) is -1.07. The molecular formula is C12H16N4O4. The number of nitrogens with two attached hydrogens (primary N) is 1. The number of fused-ring (bicyclic) bond motifs is 1. The molecule has 8 heteroatoms. The molecule has 20 heavy (non-hydrogen) atoms. The largest absolute Gasteiger partial charge is 0.394 e. The second kappa shape index (κ2) is 4.67. The van der Waals surface area contributed by atoms with E-state index in [1.54, 1.807) is 10.6 Å². The van der Waals surface area contributed by atoms with E-state index in [9.17, 15) is 10.2 Å². The van der Waals surface area contributed by atoms with Gasteiger partial charge in [-0.2, -0.15) is 0 Å². The highest BCUT2D eigenvalue weighted by atomic mass is 16.6. The molecule has 5 N–H and O–H groups in total. The van der Waals surface area contributed by atoms with Gasteiger partial charge >= 0.3 is 0 Å². The summed E-state index contributed by atoms with van der Waals surface area (Å²) in [7, 11) is 0. The molecule has 1 saturated heterocycles. The zero-order valence-electron chi connectivity index (χ0n) is 10.8. The predicted molar refractivity (Wildman–Crippen MR) is 69.7 cm³/mol. The second-order valence-corrected chi connectivity index (χ2v) is 4.88. The van der Waals surface area contributed by atoms with Crippen LogP contribution in [-0.2, 0) is 4.74 Å². The molecule has 0 bridgehead atoms. The van der Waals surface area contributed by atoms with Crippen LogP contribution < -0.4 is 5.73 Å². The first-order chi connectivity index (χ1) is 9.54. The molecule has 4 atom stereocenters. The number of nitrogen functional groups attached to an aromatic ring is 1. The summed E-state index contributed by atoms with van der Waals surface area (Å²) in [6.45, 7) is 1.44. The van der Waals surface area contributed by atoms with E-state index in [4.69, 9.17) is 15.6 Å². The number of anilines is 1. The number of aromatic nitrogens is 3. The topological polar surface area (TPSA) is 127 Å². The molecule has 0 aromatic carbocycles.